The molecule has 9 nitrogen and oxygen atoms in total. The molecule has 264 valence electrons. The third-order valence-corrected chi connectivity index (χ3v) is 13.1. The van der Waals surface area contributed by atoms with E-state index in [2.05, 4.69) is 19.2 Å². The number of rotatable bonds is 23. The number of hydrogen-bond donors (Lipinski definition) is 3. The second kappa shape index (κ2) is 20.7. The summed E-state index contributed by atoms with van der Waals surface area (Å²) in [6.45, 7) is 7.30. The van der Waals surface area contributed by atoms with E-state index < -0.39 is 28.4 Å². The van der Waals surface area contributed by atoms with Gasteiger partial charge in [0.25, 0.3) is 0 Å². The molecule has 2 unspecified atom stereocenters. The Morgan fingerprint density at radius 1 is 0.917 bits per heavy atom. The highest BCUT2D eigenvalue weighted by molar-refractivity contribution is 7.38. The van der Waals surface area contributed by atoms with Crippen LogP contribution in [0.3, 0.4) is 0 Å². The summed E-state index contributed by atoms with van der Waals surface area (Å²) in [5.41, 5.74) is 2.73. The molecule has 0 amide bonds. The van der Waals surface area contributed by atoms with Crippen LogP contribution < -0.4 is 19.2 Å². The lowest BCUT2D eigenvalue weighted by atomic mass is 10.1. The van der Waals surface area contributed by atoms with E-state index in [0.717, 1.165) is 66.6 Å². The molecular weight excluding hydrogens is 645 g/mol. The average molecular weight is 700 g/mol. The van der Waals surface area contributed by atoms with Gasteiger partial charge in [-0.3, -0.25) is 4.57 Å². The van der Waals surface area contributed by atoms with Crippen molar-refractivity contribution in [3.05, 3.63) is 89.5 Å². The predicted octanol–water partition coefficient (Wildman–Crippen LogP) is 7.03. The van der Waals surface area contributed by atoms with Crippen molar-refractivity contribution in [3.63, 3.8) is 0 Å². The lowest BCUT2D eigenvalue weighted by Crippen LogP contribution is -2.47. The molecule has 0 bridgehead atoms. The van der Waals surface area contributed by atoms with Gasteiger partial charge in [-0.15, -0.1) is 0 Å². The summed E-state index contributed by atoms with van der Waals surface area (Å²) < 4.78 is 42.2. The maximum Gasteiger partial charge on any atom is 0.399 e. The van der Waals surface area contributed by atoms with Crippen LogP contribution in [-0.2, 0) is 33.4 Å². The standard InChI is InChI=1S/C37H54NO8PSi/c1-3-5-22-48(23-6-4-2)45-27-32-24-35(16-17-37(32)46-48)43-28-33(39)25-38-20-18-30-12-14-34(15-13-30)44-29-36(47(40)41)19-21-42-26-31-10-8-7-9-11-31/h7-17,24,33,36,38-39,47H,3-6,18-23,25-29H2,1-2H3,(H,40,41)/t33?,36-/m0/s1. The van der Waals surface area contributed by atoms with Gasteiger partial charge in [-0.2, -0.15) is 0 Å². The van der Waals surface area contributed by atoms with E-state index in [1.165, 1.54) is 0 Å². The van der Waals surface area contributed by atoms with E-state index in [-0.39, 0.29) is 13.2 Å². The van der Waals surface area contributed by atoms with Gasteiger partial charge in [0.1, 0.15) is 30.0 Å². The molecule has 0 aromatic heterocycles. The molecule has 0 radical (unpaired) electrons. The second-order valence-electron chi connectivity index (χ2n) is 12.5. The van der Waals surface area contributed by atoms with E-state index in [0.29, 0.717) is 50.8 Å². The largest absolute Gasteiger partial charge is 0.520 e. The van der Waals surface area contributed by atoms with Gasteiger partial charge in [-0.1, -0.05) is 82.0 Å². The quantitative estimate of drug-likeness (QED) is 0.0545. The van der Waals surface area contributed by atoms with Crippen molar-refractivity contribution in [2.45, 2.75) is 89.4 Å². The molecule has 0 saturated heterocycles. The molecule has 1 heterocycles. The summed E-state index contributed by atoms with van der Waals surface area (Å²) in [5, 5.41) is 13.8. The monoisotopic (exact) mass is 699 g/mol. The van der Waals surface area contributed by atoms with E-state index in [1.54, 1.807) is 0 Å². The van der Waals surface area contributed by atoms with Crippen LogP contribution in [0.5, 0.6) is 17.2 Å². The Morgan fingerprint density at radius 2 is 1.62 bits per heavy atom. The molecule has 48 heavy (non-hydrogen) atoms. The molecule has 0 spiro atoms. The zero-order valence-electron chi connectivity index (χ0n) is 28.5. The smallest absolute Gasteiger partial charge is 0.399 e. The SMILES string of the molecule is CCCC[Si]1(CCCC)OCc2cc(OCC(O)CNCCc3ccc(OC[C@H](CCOCc4ccccc4)[PH](=O)O)cc3)ccc2O1. The molecule has 1 aliphatic rings. The van der Waals surface area contributed by atoms with Gasteiger partial charge in [0.2, 0.25) is 0 Å². The fourth-order valence-electron chi connectivity index (χ4n) is 5.53. The highest BCUT2D eigenvalue weighted by Gasteiger charge is 2.42. The number of benzene rings is 3. The van der Waals surface area contributed by atoms with Gasteiger partial charge >= 0.3 is 8.56 Å². The molecule has 3 aromatic rings. The fourth-order valence-corrected chi connectivity index (χ4v) is 9.73. The van der Waals surface area contributed by atoms with E-state index in [9.17, 15) is 14.6 Å². The number of aliphatic hydroxyl groups excluding tert-OH is 1. The second-order valence-corrected chi connectivity index (χ2v) is 17.3. The molecule has 11 heteroatoms. The van der Waals surface area contributed by atoms with Crippen molar-refractivity contribution in [2.75, 3.05) is 32.9 Å². The normalized spacial score (nSPS) is 15.6. The van der Waals surface area contributed by atoms with Crippen molar-refractivity contribution >= 4 is 16.6 Å². The number of hydrogen-bond acceptors (Lipinski definition) is 8. The first kappa shape index (κ1) is 38.1. The molecule has 3 N–H and O–H groups in total. The van der Waals surface area contributed by atoms with Crippen molar-refractivity contribution in [1.29, 1.82) is 0 Å². The van der Waals surface area contributed by atoms with Crippen molar-refractivity contribution in [3.8, 4) is 17.2 Å². The van der Waals surface area contributed by atoms with Crippen LogP contribution in [0, 0.1) is 0 Å². The molecule has 0 saturated carbocycles. The first-order valence-electron chi connectivity index (χ1n) is 17.4. The number of ether oxygens (including phenoxy) is 3. The Hall–Kier alpha value is -2.69. The summed E-state index contributed by atoms with van der Waals surface area (Å²) in [7, 11) is -4.97. The van der Waals surface area contributed by atoms with Crippen LogP contribution in [0.25, 0.3) is 0 Å². The van der Waals surface area contributed by atoms with E-state index in [1.807, 2.05) is 72.8 Å². The minimum atomic E-state index is -2.75. The van der Waals surface area contributed by atoms with Gasteiger partial charge < -0.3 is 38.4 Å². The maximum atomic E-state index is 11.9. The van der Waals surface area contributed by atoms with Crippen LogP contribution >= 0.6 is 8.03 Å². The third-order valence-electron chi connectivity index (χ3n) is 8.50. The highest BCUT2D eigenvalue weighted by atomic mass is 31.1. The fraction of sp³-hybridized carbons (Fsp3) is 0.514. The topological polar surface area (TPSA) is 116 Å². The molecule has 0 fully saturated rings. The van der Waals surface area contributed by atoms with Crippen molar-refractivity contribution in [1.82, 2.24) is 5.32 Å². The van der Waals surface area contributed by atoms with Crippen LogP contribution in [-0.4, -0.2) is 63.2 Å². The van der Waals surface area contributed by atoms with E-state index in [4.69, 9.17) is 23.1 Å². The Bertz CT molecular complexity index is 1360. The van der Waals surface area contributed by atoms with Crippen LogP contribution in [0.1, 0.15) is 62.6 Å². The number of unbranched alkanes of at least 4 members (excludes halogenated alkanes) is 2. The minimum absolute atomic E-state index is 0.164. The Labute approximate surface area is 288 Å². The lowest BCUT2D eigenvalue weighted by Gasteiger charge is -2.36. The molecule has 4 rings (SSSR count). The Morgan fingerprint density at radius 3 is 2.33 bits per heavy atom. The van der Waals surface area contributed by atoms with Crippen molar-refractivity contribution < 1.29 is 37.6 Å². The average Bonchev–Trinajstić information content (AvgIpc) is 3.11. The van der Waals surface area contributed by atoms with Gasteiger partial charge in [-0.25, -0.2) is 0 Å². The molecule has 1 aliphatic heterocycles. The van der Waals surface area contributed by atoms with Gasteiger partial charge in [0, 0.05) is 30.8 Å². The van der Waals surface area contributed by atoms with Gasteiger partial charge in [0.05, 0.1) is 25.5 Å². The molecule has 3 aromatic carbocycles. The van der Waals surface area contributed by atoms with E-state index >= 15 is 0 Å². The minimum Gasteiger partial charge on any atom is -0.520 e. The van der Waals surface area contributed by atoms with Crippen LogP contribution in [0.2, 0.25) is 12.1 Å². The number of aliphatic hydroxyl groups is 1. The summed E-state index contributed by atoms with van der Waals surface area (Å²) in [6, 6.07) is 25.5. The zero-order chi connectivity index (χ0) is 34.0. The molecular formula is C37H54NO8PSi. The summed E-state index contributed by atoms with van der Waals surface area (Å²) in [6.07, 6.45) is 5.13. The summed E-state index contributed by atoms with van der Waals surface area (Å²) in [4.78, 5) is 9.77. The highest BCUT2D eigenvalue weighted by Crippen LogP contribution is 2.37. The summed E-state index contributed by atoms with van der Waals surface area (Å²) >= 11 is 0. The first-order valence-corrected chi connectivity index (χ1v) is 21.1. The zero-order valence-corrected chi connectivity index (χ0v) is 30.5. The van der Waals surface area contributed by atoms with Crippen LogP contribution in [0.4, 0.5) is 0 Å². The Kier molecular flexibility index (Phi) is 16.5. The van der Waals surface area contributed by atoms with Gasteiger partial charge in [0.15, 0.2) is 8.03 Å². The Balaban J connectivity index is 1.11. The molecule has 3 atom stereocenters. The number of fused-ring (bicyclic) bond motifs is 1. The predicted molar refractivity (Wildman–Crippen MR) is 193 cm³/mol. The first-order chi connectivity index (χ1) is 23.4. The number of nitrogens with one attached hydrogen (secondary N) is 1. The third kappa shape index (κ3) is 13.0. The summed E-state index contributed by atoms with van der Waals surface area (Å²) in [5.74, 6) is 2.28. The van der Waals surface area contributed by atoms with Crippen molar-refractivity contribution in [2.24, 2.45) is 0 Å². The van der Waals surface area contributed by atoms with Gasteiger partial charge in [-0.05, 0) is 60.8 Å². The maximum absolute atomic E-state index is 11.9. The van der Waals surface area contributed by atoms with Crippen LogP contribution in [0.15, 0.2) is 72.8 Å². The molecule has 0 aliphatic carbocycles. The lowest BCUT2D eigenvalue weighted by molar-refractivity contribution is 0.106.